The topological polar surface area (TPSA) is 88.1 Å². The van der Waals surface area contributed by atoms with Crippen LogP contribution in [-0.2, 0) is 19.7 Å². The molecule has 0 radical (unpaired) electrons. The van der Waals surface area contributed by atoms with E-state index in [4.69, 9.17) is 9.47 Å². The van der Waals surface area contributed by atoms with Crippen LogP contribution in [0.25, 0.3) is 0 Å². The number of anilines is 1. The highest BCUT2D eigenvalue weighted by Crippen LogP contribution is 2.56. The molecule has 0 bridgehead atoms. The number of carbonyl (C=O) groups is 2. The van der Waals surface area contributed by atoms with Gasteiger partial charge in [0.2, 0.25) is 0 Å². The number of aryl methyl sites for hydroxylation is 1. The monoisotopic (exact) mass is 424 g/mol. The number of amides is 1. The summed E-state index contributed by atoms with van der Waals surface area (Å²) in [6.45, 7) is 7.29. The second kappa shape index (κ2) is 7.18. The van der Waals surface area contributed by atoms with Crippen LogP contribution in [0.1, 0.15) is 43.9 Å². The molecule has 2 heterocycles. The minimum absolute atomic E-state index is 0.115. The van der Waals surface area contributed by atoms with Crippen LogP contribution in [0.4, 0.5) is 10.5 Å². The number of nitrogens with zero attached hydrogens (tertiary/aromatic N) is 1. The minimum Gasteiger partial charge on any atom is -0.508 e. The van der Waals surface area contributed by atoms with Crippen molar-refractivity contribution in [2.75, 3.05) is 12.4 Å². The summed E-state index contributed by atoms with van der Waals surface area (Å²) in [5.74, 6) is -0.408. The quantitative estimate of drug-likeness (QED) is 0.711. The number of fused-ring (bicyclic) bond motifs is 3. The van der Waals surface area contributed by atoms with Gasteiger partial charge < -0.3 is 19.9 Å². The summed E-state index contributed by atoms with van der Waals surface area (Å²) in [5.41, 5.74) is 1.82. The van der Waals surface area contributed by atoms with E-state index in [0.717, 1.165) is 16.8 Å². The first-order chi connectivity index (χ1) is 14.6. The largest absolute Gasteiger partial charge is 0.508 e. The number of phenolic OH excluding ortho intramolecular Hbond substituents is 1. The Morgan fingerprint density at radius 1 is 1.16 bits per heavy atom. The summed E-state index contributed by atoms with van der Waals surface area (Å²) >= 11 is 0. The van der Waals surface area contributed by atoms with Gasteiger partial charge in [-0.05, 0) is 51.8 Å². The predicted octanol–water partition coefficient (Wildman–Crippen LogP) is 3.92. The van der Waals surface area contributed by atoms with E-state index in [1.165, 1.54) is 12.0 Å². The average Bonchev–Trinajstić information content (AvgIpc) is 3.19. The fraction of sp³-hybridized carbons (Fsp3) is 0.417. The standard InChI is InChI=1S/C24H28N2O5/c1-14-10-11-19(27)16(12-14)24-13-18(20(28)30-5)26(22(29)31-23(2,3)4)21(24)25-17-9-7-6-8-15(17)24/h6-12,18,21,25,27H,13H2,1-5H3/t18-,21+,24-/m0/s1. The molecule has 2 aliphatic heterocycles. The van der Waals surface area contributed by atoms with Crippen molar-refractivity contribution >= 4 is 17.7 Å². The molecule has 4 rings (SSSR count). The van der Waals surface area contributed by atoms with Crippen molar-refractivity contribution in [1.29, 1.82) is 0 Å². The van der Waals surface area contributed by atoms with Crippen molar-refractivity contribution < 1.29 is 24.2 Å². The van der Waals surface area contributed by atoms with Gasteiger partial charge in [0, 0.05) is 11.3 Å². The van der Waals surface area contributed by atoms with Crippen LogP contribution >= 0.6 is 0 Å². The van der Waals surface area contributed by atoms with Crippen LogP contribution < -0.4 is 5.32 Å². The molecule has 0 spiro atoms. The summed E-state index contributed by atoms with van der Waals surface area (Å²) in [7, 11) is 1.31. The third kappa shape index (κ3) is 3.28. The van der Waals surface area contributed by atoms with Crippen LogP contribution in [0.15, 0.2) is 42.5 Å². The van der Waals surface area contributed by atoms with E-state index in [0.29, 0.717) is 5.56 Å². The highest BCUT2D eigenvalue weighted by Gasteiger charge is 2.63. The van der Waals surface area contributed by atoms with E-state index in [-0.39, 0.29) is 12.2 Å². The molecule has 2 aromatic rings. The smallest absolute Gasteiger partial charge is 0.412 e. The molecule has 2 aliphatic rings. The summed E-state index contributed by atoms with van der Waals surface area (Å²) in [6.07, 6.45) is -0.983. The summed E-state index contributed by atoms with van der Waals surface area (Å²) in [5, 5.41) is 14.3. The first kappa shape index (κ1) is 21.0. The molecular weight excluding hydrogens is 396 g/mol. The van der Waals surface area contributed by atoms with Crippen molar-refractivity contribution in [2.24, 2.45) is 0 Å². The van der Waals surface area contributed by atoms with Gasteiger partial charge >= 0.3 is 12.1 Å². The van der Waals surface area contributed by atoms with Gasteiger partial charge in [-0.1, -0.05) is 35.9 Å². The Morgan fingerprint density at radius 3 is 2.55 bits per heavy atom. The van der Waals surface area contributed by atoms with E-state index in [9.17, 15) is 14.7 Å². The third-order valence-electron chi connectivity index (χ3n) is 6.01. The molecule has 1 amide bonds. The van der Waals surface area contributed by atoms with Crippen molar-refractivity contribution in [1.82, 2.24) is 4.90 Å². The Balaban J connectivity index is 1.94. The van der Waals surface area contributed by atoms with Gasteiger partial charge in [-0.15, -0.1) is 0 Å². The third-order valence-corrected chi connectivity index (χ3v) is 6.01. The number of para-hydroxylation sites is 1. The fourth-order valence-electron chi connectivity index (χ4n) is 4.82. The molecule has 2 N–H and O–H groups in total. The van der Waals surface area contributed by atoms with Gasteiger partial charge in [0.25, 0.3) is 0 Å². The molecule has 164 valence electrons. The number of hydrogen-bond acceptors (Lipinski definition) is 6. The maximum Gasteiger partial charge on any atom is 0.412 e. The van der Waals surface area contributed by atoms with Gasteiger partial charge in [0.05, 0.1) is 12.5 Å². The molecule has 0 aliphatic carbocycles. The van der Waals surface area contributed by atoms with Crippen LogP contribution in [0.3, 0.4) is 0 Å². The second-order valence-electron chi connectivity index (χ2n) is 9.22. The van der Waals surface area contributed by atoms with Crippen molar-refractivity contribution in [3.63, 3.8) is 0 Å². The maximum atomic E-state index is 13.3. The number of phenols is 1. The average molecular weight is 424 g/mol. The molecular formula is C24H28N2O5. The number of hydrogen-bond donors (Lipinski definition) is 2. The van der Waals surface area contributed by atoms with Gasteiger partial charge in [0.15, 0.2) is 0 Å². The zero-order valence-electron chi connectivity index (χ0n) is 18.4. The lowest BCUT2D eigenvalue weighted by atomic mass is 9.71. The number of carbonyl (C=O) groups excluding carboxylic acids is 2. The van der Waals surface area contributed by atoms with E-state index < -0.39 is 35.3 Å². The Bertz CT molecular complexity index is 1040. The van der Waals surface area contributed by atoms with Gasteiger partial charge in [-0.25, -0.2) is 9.59 Å². The molecule has 7 heteroatoms. The minimum atomic E-state index is -0.870. The van der Waals surface area contributed by atoms with Crippen molar-refractivity contribution in [3.05, 3.63) is 59.2 Å². The summed E-state index contributed by atoms with van der Waals surface area (Å²) in [6, 6.07) is 12.3. The van der Waals surface area contributed by atoms with Gasteiger partial charge in [-0.2, -0.15) is 0 Å². The molecule has 0 saturated carbocycles. The van der Waals surface area contributed by atoms with Crippen molar-refractivity contribution in [3.8, 4) is 5.75 Å². The number of nitrogens with one attached hydrogen (secondary N) is 1. The van der Waals surface area contributed by atoms with E-state index in [2.05, 4.69) is 5.32 Å². The SMILES string of the molecule is COC(=O)[C@@H]1C[C@@]2(c3cc(C)ccc3O)c3ccccc3N[C@@H]2N1C(=O)OC(C)(C)C. The summed E-state index contributed by atoms with van der Waals surface area (Å²) in [4.78, 5) is 27.5. The molecule has 1 saturated heterocycles. The Labute approximate surface area is 182 Å². The number of aromatic hydroxyl groups is 1. The lowest BCUT2D eigenvalue weighted by Gasteiger charge is -2.34. The number of esters is 1. The van der Waals surface area contributed by atoms with Crippen LogP contribution in [-0.4, -0.2) is 47.0 Å². The number of rotatable bonds is 2. The molecule has 1 fully saturated rings. The van der Waals surface area contributed by atoms with E-state index in [1.807, 2.05) is 43.3 Å². The molecule has 31 heavy (non-hydrogen) atoms. The van der Waals surface area contributed by atoms with E-state index in [1.54, 1.807) is 26.8 Å². The van der Waals surface area contributed by atoms with Gasteiger partial charge in [0.1, 0.15) is 23.6 Å². The maximum absolute atomic E-state index is 13.3. The summed E-state index contributed by atoms with van der Waals surface area (Å²) < 4.78 is 10.7. The first-order valence-corrected chi connectivity index (χ1v) is 10.3. The Hall–Kier alpha value is -3.22. The molecule has 7 nitrogen and oxygen atoms in total. The zero-order chi connectivity index (χ0) is 22.6. The Kier molecular flexibility index (Phi) is 4.87. The molecule has 0 unspecified atom stereocenters. The molecule has 3 atom stereocenters. The highest BCUT2D eigenvalue weighted by molar-refractivity contribution is 5.86. The zero-order valence-corrected chi connectivity index (χ0v) is 18.4. The van der Waals surface area contributed by atoms with Crippen LogP contribution in [0, 0.1) is 6.92 Å². The number of methoxy groups -OCH3 is 1. The normalized spacial score (nSPS) is 24.2. The molecule has 0 aromatic heterocycles. The predicted molar refractivity (Wildman–Crippen MR) is 116 cm³/mol. The lowest BCUT2D eigenvalue weighted by molar-refractivity contribution is -0.146. The second-order valence-corrected chi connectivity index (χ2v) is 9.22. The highest BCUT2D eigenvalue weighted by atomic mass is 16.6. The lowest BCUT2D eigenvalue weighted by Crippen LogP contribution is -2.51. The Morgan fingerprint density at radius 2 is 1.87 bits per heavy atom. The van der Waals surface area contributed by atoms with Crippen LogP contribution in [0.5, 0.6) is 5.75 Å². The number of benzene rings is 2. The van der Waals surface area contributed by atoms with Gasteiger partial charge in [-0.3, -0.25) is 4.90 Å². The van der Waals surface area contributed by atoms with Crippen LogP contribution in [0.2, 0.25) is 0 Å². The number of likely N-dealkylation sites (tertiary alicyclic amines) is 1. The number of ether oxygens (including phenoxy) is 2. The fourth-order valence-corrected chi connectivity index (χ4v) is 4.82. The van der Waals surface area contributed by atoms with Crippen molar-refractivity contribution in [2.45, 2.75) is 57.3 Å². The van der Waals surface area contributed by atoms with E-state index >= 15 is 0 Å². The molecule has 2 aromatic carbocycles. The first-order valence-electron chi connectivity index (χ1n) is 10.3.